The van der Waals surface area contributed by atoms with E-state index in [9.17, 15) is 18.0 Å². The predicted octanol–water partition coefficient (Wildman–Crippen LogP) is 1.85. The van der Waals surface area contributed by atoms with Crippen molar-refractivity contribution in [3.63, 3.8) is 0 Å². The summed E-state index contributed by atoms with van der Waals surface area (Å²) in [6.07, 6.45) is 3.22. The molecule has 2 saturated carbocycles. The molecule has 33 heavy (non-hydrogen) atoms. The van der Waals surface area contributed by atoms with Crippen LogP contribution in [0.25, 0.3) is 5.52 Å². The van der Waals surface area contributed by atoms with Gasteiger partial charge in [0, 0.05) is 6.54 Å². The number of nitrogens with one attached hydrogen (secondary N) is 1. The molecule has 3 aliphatic rings. The Hall–Kier alpha value is -2.21. The Morgan fingerprint density at radius 1 is 1.30 bits per heavy atom. The zero-order valence-corrected chi connectivity index (χ0v) is 20.4. The van der Waals surface area contributed by atoms with Crippen LogP contribution in [-0.4, -0.2) is 67.1 Å². The molecule has 0 bridgehead atoms. The van der Waals surface area contributed by atoms with E-state index in [-0.39, 0.29) is 34.3 Å². The number of anilines is 1. The first-order valence-electron chi connectivity index (χ1n) is 11.1. The van der Waals surface area contributed by atoms with Crippen LogP contribution >= 0.6 is 0 Å². The van der Waals surface area contributed by atoms with E-state index < -0.39 is 20.0 Å². The van der Waals surface area contributed by atoms with Crippen LogP contribution in [0, 0.1) is 35.5 Å². The standard InChI is InChI=1S/C15H13F3N4OSe.C8H15N/c16-15(17,18)24-13-10(3-2-8-20-14(23)9-6-7-9)21-22-11(13)4-1-5-12(22)19;1-6-7-3-4-9(2)5-8(6)7/h1,4-5,9H,6-8,19H2,(H,20,23);6-8H,3-5H2,1-2H3/t;6-,7?,8?/m.1/s1. The minimum atomic E-state index is -4.32. The number of likely N-dealkylation sites (tertiary alicyclic amines) is 1. The number of pyridine rings is 1. The molecule has 2 aromatic heterocycles. The Morgan fingerprint density at radius 3 is 2.70 bits per heavy atom. The number of piperidine rings is 1. The van der Waals surface area contributed by atoms with Crippen molar-refractivity contribution in [3.05, 3.63) is 23.9 Å². The molecule has 10 heteroatoms. The number of hydrogen-bond donors (Lipinski definition) is 2. The van der Waals surface area contributed by atoms with Gasteiger partial charge in [-0.05, 0) is 37.8 Å². The molecule has 0 spiro atoms. The summed E-state index contributed by atoms with van der Waals surface area (Å²) in [6.45, 7) is 5.18. The number of hydrogen-bond acceptors (Lipinski definition) is 4. The molecule has 1 saturated heterocycles. The van der Waals surface area contributed by atoms with E-state index in [0.717, 1.165) is 30.6 Å². The van der Waals surface area contributed by atoms with Crippen LogP contribution in [0.4, 0.5) is 19.0 Å². The summed E-state index contributed by atoms with van der Waals surface area (Å²) < 4.78 is 39.9. The van der Waals surface area contributed by atoms with Gasteiger partial charge in [-0.25, -0.2) is 0 Å². The van der Waals surface area contributed by atoms with Gasteiger partial charge in [-0.2, -0.15) is 0 Å². The van der Waals surface area contributed by atoms with Gasteiger partial charge in [-0.15, -0.1) is 0 Å². The molecular formula is C23H28F3N5OSe. The number of halogens is 3. The summed E-state index contributed by atoms with van der Waals surface area (Å²) in [4.78, 5) is 14.0. The zero-order valence-electron chi connectivity index (χ0n) is 18.7. The maximum atomic E-state index is 12.9. The molecule has 2 aliphatic carbocycles. The minimum absolute atomic E-state index is 0.0447. The average Bonchev–Trinajstić information content (AvgIpc) is 3.66. The van der Waals surface area contributed by atoms with E-state index in [1.165, 1.54) is 30.1 Å². The summed E-state index contributed by atoms with van der Waals surface area (Å²) in [5, 5.41) is 2.40. The molecular weight excluding hydrogens is 498 g/mol. The fraction of sp³-hybridized carbons (Fsp3) is 0.565. The van der Waals surface area contributed by atoms with Crippen LogP contribution in [0.3, 0.4) is 0 Å². The van der Waals surface area contributed by atoms with Crippen molar-refractivity contribution in [2.75, 3.05) is 32.4 Å². The van der Waals surface area contributed by atoms with Crippen LogP contribution in [0.5, 0.6) is 0 Å². The zero-order chi connectivity index (χ0) is 23.8. The second kappa shape index (κ2) is 9.57. The Balaban J connectivity index is 0.000000238. The Kier molecular flexibility index (Phi) is 6.94. The van der Waals surface area contributed by atoms with Gasteiger partial charge < -0.3 is 4.90 Å². The van der Waals surface area contributed by atoms with Gasteiger partial charge in [-0.1, -0.05) is 6.92 Å². The molecule has 0 aromatic carbocycles. The third-order valence-electron chi connectivity index (χ3n) is 6.49. The van der Waals surface area contributed by atoms with E-state index in [1.54, 1.807) is 12.1 Å². The molecule has 3 heterocycles. The van der Waals surface area contributed by atoms with Crippen LogP contribution < -0.4 is 15.5 Å². The third-order valence-corrected chi connectivity index (χ3v) is 8.25. The molecule has 2 aromatic rings. The molecule has 2 unspecified atom stereocenters. The van der Waals surface area contributed by atoms with E-state index in [4.69, 9.17) is 5.73 Å². The third kappa shape index (κ3) is 6.03. The van der Waals surface area contributed by atoms with Gasteiger partial charge in [0.2, 0.25) is 0 Å². The molecule has 3 N–H and O–H groups in total. The van der Waals surface area contributed by atoms with Crippen molar-refractivity contribution in [1.82, 2.24) is 19.8 Å². The van der Waals surface area contributed by atoms with Gasteiger partial charge >= 0.3 is 141 Å². The van der Waals surface area contributed by atoms with Crippen molar-refractivity contribution in [2.24, 2.45) is 23.7 Å². The number of carbonyl (C=O) groups is 1. The number of fused-ring (bicyclic) bond motifs is 2. The number of alkyl halides is 3. The second-order valence-corrected chi connectivity index (χ2v) is 11.3. The van der Waals surface area contributed by atoms with Crippen molar-refractivity contribution >= 4 is 36.7 Å². The summed E-state index contributed by atoms with van der Waals surface area (Å²) in [5.74, 6) is 8.76. The monoisotopic (exact) mass is 527 g/mol. The van der Waals surface area contributed by atoms with Gasteiger partial charge in [0.1, 0.15) is 0 Å². The van der Waals surface area contributed by atoms with E-state index in [2.05, 4.69) is 41.1 Å². The summed E-state index contributed by atoms with van der Waals surface area (Å²) in [5.41, 5.74) is 6.11. The number of nitrogens with two attached hydrogens (primary N) is 1. The van der Waals surface area contributed by atoms with Gasteiger partial charge in [0.25, 0.3) is 0 Å². The number of nitrogens with zero attached hydrogens (tertiary/aromatic N) is 3. The fourth-order valence-electron chi connectivity index (χ4n) is 4.35. The summed E-state index contributed by atoms with van der Waals surface area (Å²) in [6, 6.07) is 4.67. The van der Waals surface area contributed by atoms with Crippen LogP contribution in [0.1, 0.15) is 31.9 Å². The first-order chi connectivity index (χ1) is 15.6. The fourth-order valence-corrected chi connectivity index (χ4v) is 5.78. The molecule has 1 amide bonds. The molecule has 0 radical (unpaired) electrons. The molecule has 3 atom stereocenters. The summed E-state index contributed by atoms with van der Waals surface area (Å²) in [7, 11) is 2.24. The number of carbonyl (C=O) groups excluding carboxylic acids is 1. The Labute approximate surface area is 197 Å². The molecule has 5 rings (SSSR count). The Morgan fingerprint density at radius 2 is 2.06 bits per heavy atom. The summed E-state index contributed by atoms with van der Waals surface area (Å²) >= 11 is -1.79. The van der Waals surface area contributed by atoms with Gasteiger partial charge in [0.05, 0.1) is 0 Å². The van der Waals surface area contributed by atoms with Crippen molar-refractivity contribution in [2.45, 2.75) is 31.3 Å². The van der Waals surface area contributed by atoms with Gasteiger partial charge in [-0.3, -0.25) is 0 Å². The Bertz CT molecular complexity index is 1090. The maximum absolute atomic E-state index is 12.9. The van der Waals surface area contributed by atoms with E-state index in [0.29, 0.717) is 5.52 Å². The SMILES string of the molecule is C[C@@H]1C2CCN(C)CC21.Nc1cccc2c([Se]C(F)(F)F)c(C#CCNC(=O)C3CC3)nn12. The van der Waals surface area contributed by atoms with Crippen molar-refractivity contribution < 1.29 is 18.0 Å². The first-order valence-corrected chi connectivity index (χ1v) is 12.8. The molecule has 6 nitrogen and oxygen atoms in total. The van der Waals surface area contributed by atoms with Crippen LogP contribution in [0.15, 0.2) is 18.2 Å². The molecule has 178 valence electrons. The molecule has 3 fully saturated rings. The van der Waals surface area contributed by atoms with Crippen LogP contribution in [0.2, 0.25) is 0 Å². The first kappa shape index (κ1) is 23.9. The van der Waals surface area contributed by atoms with E-state index >= 15 is 0 Å². The second-order valence-electron chi connectivity index (χ2n) is 9.00. The predicted molar refractivity (Wildman–Crippen MR) is 122 cm³/mol. The number of aromatic nitrogens is 2. The average molecular weight is 526 g/mol. The van der Waals surface area contributed by atoms with Crippen LogP contribution in [-0.2, 0) is 4.79 Å². The normalized spacial score (nSPS) is 24.2. The number of amides is 1. The van der Waals surface area contributed by atoms with Crippen molar-refractivity contribution in [3.8, 4) is 11.8 Å². The van der Waals surface area contributed by atoms with Crippen molar-refractivity contribution in [1.29, 1.82) is 0 Å². The van der Waals surface area contributed by atoms with E-state index in [1.807, 2.05) is 0 Å². The molecule has 1 aliphatic heterocycles. The topological polar surface area (TPSA) is 75.7 Å². The number of nitrogen functional groups attached to an aromatic ring is 1. The van der Waals surface area contributed by atoms with Gasteiger partial charge in [0.15, 0.2) is 0 Å². The quantitative estimate of drug-likeness (QED) is 0.473. The number of rotatable bonds is 3.